The standard InChI is InChI=1S/C14H11N3OS/c1-9-7-12-11(8-15-9)16-14(19-12)17-13(18)10-5-3-2-4-6-10/h2-8H,1H3,(H,16,17,18). The third kappa shape index (κ3) is 2.46. The Morgan fingerprint density at radius 1 is 1.26 bits per heavy atom. The highest BCUT2D eigenvalue weighted by atomic mass is 32.1. The molecule has 0 aliphatic rings. The van der Waals surface area contributed by atoms with E-state index >= 15 is 0 Å². The Morgan fingerprint density at radius 3 is 2.84 bits per heavy atom. The van der Waals surface area contributed by atoms with Crippen LogP contribution in [0, 0.1) is 6.92 Å². The fourth-order valence-electron chi connectivity index (χ4n) is 1.74. The van der Waals surface area contributed by atoms with E-state index in [1.54, 1.807) is 18.3 Å². The molecule has 1 aromatic carbocycles. The van der Waals surface area contributed by atoms with Gasteiger partial charge in [0.05, 0.1) is 10.9 Å². The highest BCUT2D eigenvalue weighted by Crippen LogP contribution is 2.26. The number of nitrogens with one attached hydrogen (secondary N) is 1. The number of hydrogen-bond donors (Lipinski definition) is 1. The van der Waals surface area contributed by atoms with Gasteiger partial charge in [-0.3, -0.25) is 15.1 Å². The number of pyridine rings is 1. The highest BCUT2D eigenvalue weighted by Gasteiger charge is 2.09. The maximum absolute atomic E-state index is 12.0. The highest BCUT2D eigenvalue weighted by molar-refractivity contribution is 7.22. The van der Waals surface area contributed by atoms with E-state index in [0.717, 1.165) is 15.9 Å². The Labute approximate surface area is 114 Å². The third-order valence-electron chi connectivity index (χ3n) is 2.67. The molecule has 0 saturated heterocycles. The van der Waals surface area contributed by atoms with Gasteiger partial charge >= 0.3 is 0 Å². The van der Waals surface area contributed by atoms with E-state index in [1.165, 1.54) is 11.3 Å². The second-order valence-corrected chi connectivity index (χ2v) is 5.16. The SMILES string of the molecule is Cc1cc2sc(NC(=O)c3ccccc3)nc2cn1. The lowest BCUT2D eigenvalue weighted by Gasteiger charge is -2.00. The molecule has 0 fully saturated rings. The third-order valence-corrected chi connectivity index (χ3v) is 3.60. The van der Waals surface area contributed by atoms with Crippen LogP contribution >= 0.6 is 11.3 Å². The first kappa shape index (κ1) is 11.8. The van der Waals surface area contributed by atoms with Gasteiger partial charge in [-0.1, -0.05) is 29.5 Å². The number of benzene rings is 1. The molecule has 2 aromatic heterocycles. The second kappa shape index (κ2) is 4.78. The van der Waals surface area contributed by atoms with Crippen molar-refractivity contribution in [3.63, 3.8) is 0 Å². The number of fused-ring (bicyclic) bond motifs is 1. The van der Waals surface area contributed by atoms with Gasteiger partial charge in [0.1, 0.15) is 5.52 Å². The zero-order chi connectivity index (χ0) is 13.2. The van der Waals surface area contributed by atoms with Crippen LogP contribution in [0.3, 0.4) is 0 Å². The van der Waals surface area contributed by atoms with E-state index in [-0.39, 0.29) is 5.91 Å². The molecule has 3 rings (SSSR count). The largest absolute Gasteiger partial charge is 0.298 e. The van der Waals surface area contributed by atoms with Crippen molar-refractivity contribution in [1.29, 1.82) is 0 Å². The first-order valence-electron chi connectivity index (χ1n) is 5.82. The maximum Gasteiger partial charge on any atom is 0.257 e. The smallest absolute Gasteiger partial charge is 0.257 e. The fraction of sp³-hybridized carbons (Fsp3) is 0.0714. The summed E-state index contributed by atoms with van der Waals surface area (Å²) in [6.07, 6.45) is 1.72. The summed E-state index contributed by atoms with van der Waals surface area (Å²) in [6, 6.07) is 11.1. The van der Waals surface area contributed by atoms with E-state index in [0.29, 0.717) is 10.7 Å². The van der Waals surface area contributed by atoms with Gasteiger partial charge in [0.2, 0.25) is 0 Å². The Hall–Kier alpha value is -2.27. The van der Waals surface area contributed by atoms with Crippen LogP contribution in [0.1, 0.15) is 16.1 Å². The number of nitrogens with zero attached hydrogens (tertiary/aromatic N) is 2. The molecule has 0 unspecified atom stereocenters. The van der Waals surface area contributed by atoms with Crippen molar-refractivity contribution in [3.05, 3.63) is 53.9 Å². The summed E-state index contributed by atoms with van der Waals surface area (Å²) in [7, 11) is 0. The van der Waals surface area contributed by atoms with Gasteiger partial charge in [-0.15, -0.1) is 0 Å². The molecule has 19 heavy (non-hydrogen) atoms. The quantitative estimate of drug-likeness (QED) is 0.777. The number of hydrogen-bond acceptors (Lipinski definition) is 4. The molecular weight excluding hydrogens is 258 g/mol. The number of aryl methyl sites for hydroxylation is 1. The van der Waals surface area contributed by atoms with E-state index in [2.05, 4.69) is 15.3 Å². The first-order valence-corrected chi connectivity index (χ1v) is 6.63. The van der Waals surface area contributed by atoms with Gasteiger partial charge in [-0.25, -0.2) is 4.98 Å². The molecule has 0 bridgehead atoms. The molecule has 0 aliphatic heterocycles. The normalized spacial score (nSPS) is 10.6. The lowest BCUT2D eigenvalue weighted by Crippen LogP contribution is -2.11. The van der Waals surface area contributed by atoms with Crippen LogP contribution in [0.15, 0.2) is 42.6 Å². The molecular formula is C14H11N3OS. The number of carbonyl (C=O) groups is 1. The van der Waals surface area contributed by atoms with Crippen molar-refractivity contribution in [2.24, 2.45) is 0 Å². The van der Waals surface area contributed by atoms with E-state index < -0.39 is 0 Å². The molecule has 0 aliphatic carbocycles. The summed E-state index contributed by atoms with van der Waals surface area (Å²) >= 11 is 1.45. The van der Waals surface area contributed by atoms with Gasteiger partial charge in [0, 0.05) is 11.3 Å². The lowest BCUT2D eigenvalue weighted by atomic mass is 10.2. The van der Waals surface area contributed by atoms with Crippen LogP contribution in [-0.2, 0) is 0 Å². The molecule has 0 spiro atoms. The fourth-order valence-corrected chi connectivity index (χ4v) is 2.67. The van der Waals surface area contributed by atoms with Crippen molar-refractivity contribution in [2.45, 2.75) is 6.92 Å². The molecule has 2 heterocycles. The average Bonchev–Trinajstić information content (AvgIpc) is 2.81. The van der Waals surface area contributed by atoms with Gasteiger partial charge in [-0.05, 0) is 25.1 Å². The Balaban J connectivity index is 1.87. The van der Waals surface area contributed by atoms with Crippen LogP contribution in [0.25, 0.3) is 10.2 Å². The minimum Gasteiger partial charge on any atom is -0.298 e. The van der Waals surface area contributed by atoms with E-state index in [1.807, 2.05) is 31.2 Å². The lowest BCUT2D eigenvalue weighted by molar-refractivity contribution is 0.102. The number of anilines is 1. The number of amides is 1. The van der Waals surface area contributed by atoms with Crippen molar-refractivity contribution < 1.29 is 4.79 Å². The molecule has 1 N–H and O–H groups in total. The van der Waals surface area contributed by atoms with Crippen LogP contribution in [0.2, 0.25) is 0 Å². The summed E-state index contributed by atoms with van der Waals surface area (Å²) < 4.78 is 1.02. The van der Waals surface area contributed by atoms with Crippen molar-refractivity contribution in [1.82, 2.24) is 9.97 Å². The average molecular weight is 269 g/mol. The van der Waals surface area contributed by atoms with Crippen molar-refractivity contribution >= 4 is 32.6 Å². The molecule has 0 radical (unpaired) electrons. The summed E-state index contributed by atoms with van der Waals surface area (Å²) in [5, 5.41) is 3.40. The first-order chi connectivity index (χ1) is 9.22. The molecule has 0 saturated carbocycles. The van der Waals surface area contributed by atoms with Gasteiger partial charge in [0.25, 0.3) is 5.91 Å². The predicted molar refractivity (Wildman–Crippen MR) is 76.5 cm³/mol. The topological polar surface area (TPSA) is 54.9 Å². The number of thiazole rings is 1. The number of rotatable bonds is 2. The molecule has 0 atom stereocenters. The van der Waals surface area contributed by atoms with E-state index in [9.17, 15) is 4.79 Å². The predicted octanol–water partition coefficient (Wildman–Crippen LogP) is 3.25. The van der Waals surface area contributed by atoms with Crippen LogP contribution in [0.5, 0.6) is 0 Å². The number of carbonyl (C=O) groups excluding carboxylic acids is 1. The van der Waals surface area contributed by atoms with Crippen molar-refractivity contribution in [3.8, 4) is 0 Å². The van der Waals surface area contributed by atoms with E-state index in [4.69, 9.17) is 0 Å². The van der Waals surface area contributed by atoms with Crippen LogP contribution in [-0.4, -0.2) is 15.9 Å². The molecule has 4 nitrogen and oxygen atoms in total. The zero-order valence-corrected chi connectivity index (χ0v) is 11.1. The summed E-state index contributed by atoms with van der Waals surface area (Å²) in [4.78, 5) is 20.5. The number of aromatic nitrogens is 2. The minimum atomic E-state index is -0.149. The Morgan fingerprint density at radius 2 is 2.05 bits per heavy atom. The van der Waals surface area contributed by atoms with Gasteiger partial charge in [-0.2, -0.15) is 0 Å². The van der Waals surface area contributed by atoms with Crippen LogP contribution < -0.4 is 5.32 Å². The molecule has 3 aromatic rings. The van der Waals surface area contributed by atoms with Crippen LogP contribution in [0.4, 0.5) is 5.13 Å². The minimum absolute atomic E-state index is 0.149. The maximum atomic E-state index is 12.0. The summed E-state index contributed by atoms with van der Waals surface area (Å²) in [5.74, 6) is -0.149. The van der Waals surface area contributed by atoms with Gasteiger partial charge < -0.3 is 0 Å². The Bertz CT molecular complexity index is 737. The Kier molecular flexibility index (Phi) is 2.97. The van der Waals surface area contributed by atoms with Crippen molar-refractivity contribution in [2.75, 3.05) is 5.32 Å². The second-order valence-electron chi connectivity index (χ2n) is 4.13. The molecule has 5 heteroatoms. The summed E-state index contributed by atoms with van der Waals surface area (Å²) in [6.45, 7) is 1.93. The molecule has 1 amide bonds. The summed E-state index contributed by atoms with van der Waals surface area (Å²) in [5.41, 5.74) is 2.37. The zero-order valence-electron chi connectivity index (χ0n) is 10.3. The molecule has 94 valence electrons. The monoisotopic (exact) mass is 269 g/mol. The van der Waals surface area contributed by atoms with Gasteiger partial charge in [0.15, 0.2) is 5.13 Å².